The number of anilines is 2. The smallest absolute Gasteiger partial charge is 0.291 e. The summed E-state index contributed by atoms with van der Waals surface area (Å²) in [6.07, 6.45) is 3.09. The Morgan fingerprint density at radius 1 is 1.26 bits per heavy atom. The summed E-state index contributed by atoms with van der Waals surface area (Å²) in [5, 5.41) is 3.51. The summed E-state index contributed by atoms with van der Waals surface area (Å²) in [5.74, 6) is 0.974. The van der Waals surface area contributed by atoms with Gasteiger partial charge in [0.2, 0.25) is 5.95 Å². The first kappa shape index (κ1) is 14.8. The number of fused-ring (bicyclic) bond motifs is 1. The topological polar surface area (TPSA) is 80.5 Å². The minimum atomic E-state index is -0.371. The molecule has 3 rings (SSSR count). The first-order valence-electron chi connectivity index (χ1n) is 6.96. The number of carbonyl (C=O) groups is 1. The number of amides is 1. The molecular weight excluding hydrogens is 296 g/mol. The maximum atomic E-state index is 12.3. The molecule has 1 aromatic carbocycles. The number of furan rings is 1. The molecule has 0 atom stereocenters. The molecule has 3 aromatic rings. The van der Waals surface area contributed by atoms with E-state index in [4.69, 9.17) is 9.15 Å². The van der Waals surface area contributed by atoms with Gasteiger partial charge in [-0.2, -0.15) is 0 Å². The van der Waals surface area contributed by atoms with Gasteiger partial charge in [0, 0.05) is 19.5 Å². The first-order valence-corrected chi connectivity index (χ1v) is 6.96. The van der Waals surface area contributed by atoms with Crippen LogP contribution >= 0.6 is 0 Å². The molecule has 2 heterocycles. The van der Waals surface area contributed by atoms with Crippen molar-refractivity contribution >= 4 is 28.5 Å². The maximum Gasteiger partial charge on any atom is 0.291 e. The molecule has 0 aliphatic heterocycles. The van der Waals surface area contributed by atoms with E-state index < -0.39 is 0 Å². The molecule has 7 heteroatoms. The second-order valence-corrected chi connectivity index (χ2v) is 5.11. The molecule has 0 aliphatic rings. The lowest BCUT2D eigenvalue weighted by molar-refractivity contribution is 0.0998. The van der Waals surface area contributed by atoms with Crippen LogP contribution in [0.5, 0.6) is 5.75 Å². The van der Waals surface area contributed by atoms with Crippen LogP contribution < -0.4 is 15.0 Å². The number of hydrogen-bond acceptors (Lipinski definition) is 6. The predicted octanol–water partition coefficient (Wildman–Crippen LogP) is 2.55. The van der Waals surface area contributed by atoms with Crippen LogP contribution in [0.25, 0.3) is 11.0 Å². The molecule has 0 aliphatic carbocycles. The summed E-state index contributed by atoms with van der Waals surface area (Å²) < 4.78 is 10.8. The number of methoxy groups -OCH3 is 1. The molecule has 118 valence electrons. The Balaban J connectivity index is 1.83. The van der Waals surface area contributed by atoms with Gasteiger partial charge in [0.1, 0.15) is 0 Å². The number of rotatable bonds is 4. The highest BCUT2D eigenvalue weighted by Gasteiger charge is 2.15. The quantitative estimate of drug-likeness (QED) is 0.797. The van der Waals surface area contributed by atoms with E-state index in [0.29, 0.717) is 23.0 Å². The lowest BCUT2D eigenvalue weighted by atomic mass is 10.2. The van der Waals surface area contributed by atoms with E-state index in [2.05, 4.69) is 15.3 Å². The Morgan fingerprint density at radius 3 is 2.65 bits per heavy atom. The van der Waals surface area contributed by atoms with Gasteiger partial charge < -0.3 is 19.4 Å². The summed E-state index contributed by atoms with van der Waals surface area (Å²) >= 11 is 0. The van der Waals surface area contributed by atoms with Gasteiger partial charge in [-0.1, -0.05) is 12.1 Å². The Kier molecular flexibility index (Phi) is 3.84. The number of para-hydroxylation sites is 1. The van der Waals surface area contributed by atoms with Crippen LogP contribution in [0, 0.1) is 0 Å². The lowest BCUT2D eigenvalue weighted by Gasteiger charge is -2.09. The van der Waals surface area contributed by atoms with Crippen LogP contribution in [0.4, 0.5) is 11.6 Å². The monoisotopic (exact) mass is 312 g/mol. The van der Waals surface area contributed by atoms with Gasteiger partial charge in [0.05, 0.1) is 25.2 Å². The number of ether oxygens (including phenoxy) is 1. The SMILES string of the molecule is COc1cccc2cc(C(=O)Nc3cnc(N(C)C)nc3)oc12. The van der Waals surface area contributed by atoms with Crippen molar-refractivity contribution in [2.75, 3.05) is 31.4 Å². The lowest BCUT2D eigenvalue weighted by Crippen LogP contribution is -2.14. The van der Waals surface area contributed by atoms with Crippen molar-refractivity contribution in [2.24, 2.45) is 0 Å². The first-order chi connectivity index (χ1) is 11.1. The van der Waals surface area contributed by atoms with E-state index in [0.717, 1.165) is 5.39 Å². The van der Waals surface area contributed by atoms with E-state index in [1.807, 2.05) is 26.2 Å². The predicted molar refractivity (Wildman–Crippen MR) is 87.1 cm³/mol. The third kappa shape index (κ3) is 2.94. The molecule has 0 fully saturated rings. The van der Waals surface area contributed by atoms with E-state index in [1.54, 1.807) is 36.5 Å². The van der Waals surface area contributed by atoms with E-state index >= 15 is 0 Å². The van der Waals surface area contributed by atoms with Crippen LogP contribution in [-0.2, 0) is 0 Å². The van der Waals surface area contributed by atoms with Gasteiger partial charge in [-0.25, -0.2) is 9.97 Å². The number of aromatic nitrogens is 2. The second-order valence-electron chi connectivity index (χ2n) is 5.11. The van der Waals surface area contributed by atoms with Crippen LogP contribution in [0.3, 0.4) is 0 Å². The molecule has 23 heavy (non-hydrogen) atoms. The van der Waals surface area contributed by atoms with Crippen LogP contribution in [0.1, 0.15) is 10.6 Å². The van der Waals surface area contributed by atoms with Crippen molar-refractivity contribution < 1.29 is 13.9 Å². The molecule has 0 saturated heterocycles. The molecule has 0 bridgehead atoms. The molecule has 1 amide bonds. The van der Waals surface area contributed by atoms with Crippen LogP contribution in [0.2, 0.25) is 0 Å². The van der Waals surface area contributed by atoms with Crippen molar-refractivity contribution in [1.29, 1.82) is 0 Å². The zero-order valence-corrected chi connectivity index (χ0v) is 13.0. The van der Waals surface area contributed by atoms with Crippen molar-refractivity contribution in [3.8, 4) is 5.75 Å². The third-order valence-electron chi connectivity index (χ3n) is 3.25. The van der Waals surface area contributed by atoms with Gasteiger partial charge in [0.15, 0.2) is 17.1 Å². The Morgan fingerprint density at radius 2 is 2.00 bits per heavy atom. The molecule has 0 radical (unpaired) electrons. The standard InChI is InChI=1S/C16H16N4O3/c1-20(2)16-17-8-11(9-18-16)19-15(21)13-7-10-5-4-6-12(22-3)14(10)23-13/h4-9H,1-3H3,(H,19,21). The Hall–Kier alpha value is -3.09. The van der Waals surface area contributed by atoms with Crippen molar-refractivity contribution in [3.63, 3.8) is 0 Å². The number of nitrogens with zero attached hydrogens (tertiary/aromatic N) is 3. The summed E-state index contributed by atoms with van der Waals surface area (Å²) in [7, 11) is 5.24. The Bertz CT molecular complexity index is 840. The van der Waals surface area contributed by atoms with Crippen molar-refractivity contribution in [3.05, 3.63) is 42.4 Å². The van der Waals surface area contributed by atoms with Gasteiger partial charge in [-0.3, -0.25) is 4.79 Å². The van der Waals surface area contributed by atoms with Gasteiger partial charge in [-0.15, -0.1) is 0 Å². The molecule has 0 spiro atoms. The Labute approximate surface area is 132 Å². The summed E-state index contributed by atoms with van der Waals surface area (Å²) in [4.78, 5) is 22.4. The molecule has 0 unspecified atom stereocenters. The average Bonchev–Trinajstić information content (AvgIpc) is 2.99. The van der Waals surface area contributed by atoms with Crippen LogP contribution in [0.15, 0.2) is 41.1 Å². The highest BCUT2D eigenvalue weighted by Crippen LogP contribution is 2.28. The summed E-state index contributed by atoms with van der Waals surface area (Å²) in [5.41, 5.74) is 1.03. The number of carbonyl (C=O) groups excluding carboxylic acids is 1. The average molecular weight is 312 g/mol. The third-order valence-corrected chi connectivity index (χ3v) is 3.25. The van der Waals surface area contributed by atoms with Crippen molar-refractivity contribution in [1.82, 2.24) is 9.97 Å². The zero-order chi connectivity index (χ0) is 16.4. The summed E-state index contributed by atoms with van der Waals surface area (Å²) in [6, 6.07) is 7.14. The molecule has 2 aromatic heterocycles. The van der Waals surface area contributed by atoms with E-state index in [1.165, 1.54) is 0 Å². The highest BCUT2D eigenvalue weighted by molar-refractivity contribution is 6.05. The molecule has 7 nitrogen and oxygen atoms in total. The fourth-order valence-corrected chi connectivity index (χ4v) is 2.12. The summed E-state index contributed by atoms with van der Waals surface area (Å²) in [6.45, 7) is 0. The molecule has 0 saturated carbocycles. The highest BCUT2D eigenvalue weighted by atomic mass is 16.5. The fraction of sp³-hybridized carbons (Fsp3) is 0.188. The van der Waals surface area contributed by atoms with E-state index in [9.17, 15) is 4.79 Å². The van der Waals surface area contributed by atoms with Crippen molar-refractivity contribution in [2.45, 2.75) is 0 Å². The van der Waals surface area contributed by atoms with Crippen LogP contribution in [-0.4, -0.2) is 37.1 Å². The molecule has 1 N–H and O–H groups in total. The van der Waals surface area contributed by atoms with Gasteiger partial charge in [0.25, 0.3) is 5.91 Å². The minimum Gasteiger partial charge on any atom is -0.493 e. The largest absolute Gasteiger partial charge is 0.493 e. The number of benzene rings is 1. The van der Waals surface area contributed by atoms with Gasteiger partial charge >= 0.3 is 0 Å². The second kappa shape index (κ2) is 5.96. The van der Waals surface area contributed by atoms with E-state index in [-0.39, 0.29) is 11.7 Å². The van der Waals surface area contributed by atoms with Gasteiger partial charge in [-0.05, 0) is 12.1 Å². The normalized spacial score (nSPS) is 10.6. The molecular formula is C16H16N4O3. The number of nitrogens with one attached hydrogen (secondary N) is 1. The minimum absolute atomic E-state index is 0.196. The maximum absolute atomic E-state index is 12.3. The number of hydrogen-bond donors (Lipinski definition) is 1. The zero-order valence-electron chi connectivity index (χ0n) is 13.0. The fourth-order valence-electron chi connectivity index (χ4n) is 2.12.